The summed E-state index contributed by atoms with van der Waals surface area (Å²) in [5, 5.41) is 12.0. The predicted molar refractivity (Wildman–Crippen MR) is 119 cm³/mol. The standard InChI is InChI=1S/C24H31N5O3/c1-14(30)18-12-28(22-17(18)6-8-25-27-22)13-21(31)29-19-9-15(19)10-20(29)23(32)26-16-5-4-7-24(2,3)11-16/h6,8,12,15-16,19-20H,4-5,7,9-11,13H2,1-3H3,(H,26,32)/t15-,16-,19-,20+/m1/s1. The molecule has 3 fully saturated rings. The van der Waals surface area contributed by atoms with Gasteiger partial charge in [0.1, 0.15) is 12.6 Å². The molecule has 32 heavy (non-hydrogen) atoms. The highest BCUT2D eigenvalue weighted by atomic mass is 16.2. The lowest BCUT2D eigenvalue weighted by molar-refractivity contribution is -0.140. The smallest absolute Gasteiger partial charge is 0.243 e. The van der Waals surface area contributed by atoms with Gasteiger partial charge in [0.15, 0.2) is 11.4 Å². The number of ketones is 1. The zero-order valence-corrected chi connectivity index (χ0v) is 19.0. The van der Waals surface area contributed by atoms with Crippen molar-refractivity contribution in [3.05, 3.63) is 24.0 Å². The molecule has 2 saturated carbocycles. The van der Waals surface area contributed by atoms with Gasteiger partial charge in [-0.1, -0.05) is 20.3 Å². The van der Waals surface area contributed by atoms with Crippen molar-refractivity contribution in [3.8, 4) is 0 Å². The van der Waals surface area contributed by atoms with Crippen LogP contribution in [0.2, 0.25) is 0 Å². The Labute approximate surface area is 187 Å². The first-order valence-electron chi connectivity index (χ1n) is 11.7. The molecule has 1 saturated heterocycles. The lowest BCUT2D eigenvalue weighted by Crippen LogP contribution is -2.52. The van der Waals surface area contributed by atoms with Crippen LogP contribution in [0, 0.1) is 11.3 Å². The third kappa shape index (κ3) is 3.80. The number of piperidine rings is 1. The molecule has 1 aliphatic heterocycles. The Kier molecular flexibility index (Phi) is 5.06. The van der Waals surface area contributed by atoms with Gasteiger partial charge in [-0.2, -0.15) is 5.10 Å². The Hall–Kier alpha value is -2.77. The van der Waals surface area contributed by atoms with Crippen LogP contribution in [0.4, 0.5) is 0 Å². The van der Waals surface area contributed by atoms with Crippen LogP contribution in [0.1, 0.15) is 69.7 Å². The van der Waals surface area contributed by atoms with E-state index in [1.165, 1.54) is 13.3 Å². The van der Waals surface area contributed by atoms with Crippen molar-refractivity contribution < 1.29 is 14.4 Å². The number of aromatic nitrogens is 3. The maximum absolute atomic E-state index is 13.4. The van der Waals surface area contributed by atoms with Crippen molar-refractivity contribution in [1.29, 1.82) is 0 Å². The van der Waals surface area contributed by atoms with Crippen molar-refractivity contribution in [2.24, 2.45) is 11.3 Å². The van der Waals surface area contributed by atoms with Gasteiger partial charge in [0.2, 0.25) is 11.8 Å². The monoisotopic (exact) mass is 437 g/mol. The quantitative estimate of drug-likeness (QED) is 0.726. The molecule has 3 aliphatic rings. The number of nitrogens with zero attached hydrogens (tertiary/aromatic N) is 4. The van der Waals surface area contributed by atoms with Gasteiger partial charge in [-0.05, 0) is 56.4 Å². The number of likely N-dealkylation sites (tertiary alicyclic amines) is 1. The van der Waals surface area contributed by atoms with Gasteiger partial charge < -0.3 is 14.8 Å². The Bertz CT molecular complexity index is 1090. The first-order valence-corrected chi connectivity index (χ1v) is 11.7. The number of rotatable bonds is 5. The topological polar surface area (TPSA) is 97.2 Å². The number of fused-ring (bicyclic) bond motifs is 2. The van der Waals surface area contributed by atoms with Crippen molar-refractivity contribution in [1.82, 2.24) is 25.0 Å². The Morgan fingerprint density at radius 2 is 2.06 bits per heavy atom. The van der Waals surface area contributed by atoms with Gasteiger partial charge in [0.25, 0.3) is 0 Å². The summed E-state index contributed by atoms with van der Waals surface area (Å²) in [6, 6.07) is 1.67. The Morgan fingerprint density at radius 3 is 2.81 bits per heavy atom. The summed E-state index contributed by atoms with van der Waals surface area (Å²) < 4.78 is 1.69. The summed E-state index contributed by atoms with van der Waals surface area (Å²) in [4.78, 5) is 40.4. The fourth-order valence-corrected chi connectivity index (χ4v) is 5.83. The average molecular weight is 438 g/mol. The van der Waals surface area contributed by atoms with E-state index in [9.17, 15) is 14.4 Å². The van der Waals surface area contributed by atoms with Gasteiger partial charge in [-0.25, -0.2) is 0 Å². The molecule has 0 bridgehead atoms. The number of Topliss-reactive ketones (excluding diaryl/α,β-unsaturated/α-hetero) is 1. The van der Waals surface area contributed by atoms with Crippen molar-refractivity contribution in [2.75, 3.05) is 0 Å². The number of hydrogen-bond acceptors (Lipinski definition) is 5. The van der Waals surface area contributed by atoms with E-state index in [2.05, 4.69) is 29.4 Å². The van der Waals surface area contributed by atoms with E-state index < -0.39 is 6.04 Å². The minimum absolute atomic E-state index is 0.0187. The largest absolute Gasteiger partial charge is 0.352 e. The molecule has 1 N–H and O–H groups in total. The van der Waals surface area contributed by atoms with E-state index in [0.29, 0.717) is 22.5 Å². The maximum Gasteiger partial charge on any atom is 0.243 e. The second-order valence-electron chi connectivity index (χ2n) is 10.6. The molecule has 2 aromatic rings. The van der Waals surface area contributed by atoms with Crippen molar-refractivity contribution >= 4 is 28.6 Å². The molecule has 3 heterocycles. The summed E-state index contributed by atoms with van der Waals surface area (Å²) in [5.41, 5.74) is 1.29. The molecule has 2 aliphatic carbocycles. The van der Waals surface area contributed by atoms with Crippen LogP contribution in [0.3, 0.4) is 0 Å². The average Bonchev–Trinajstić information content (AvgIpc) is 3.23. The highest BCUT2D eigenvalue weighted by Gasteiger charge is 2.56. The summed E-state index contributed by atoms with van der Waals surface area (Å²) in [5.74, 6) is 0.225. The normalized spacial score (nSPS) is 28.4. The summed E-state index contributed by atoms with van der Waals surface area (Å²) >= 11 is 0. The van der Waals surface area contributed by atoms with Crippen molar-refractivity contribution in [3.63, 3.8) is 0 Å². The number of carbonyl (C=O) groups excluding carboxylic acids is 3. The number of nitrogens with one attached hydrogen (secondary N) is 1. The van der Waals surface area contributed by atoms with E-state index in [1.54, 1.807) is 27.9 Å². The third-order valence-corrected chi connectivity index (χ3v) is 7.48. The SMILES string of the molecule is CC(=O)c1cn(CC(=O)N2[C@@H]3C[C@@H]3C[C@H]2C(=O)N[C@@H]2CCCC(C)(C)C2)c2nnccc12. The number of carbonyl (C=O) groups is 3. The second kappa shape index (κ2) is 7.67. The summed E-state index contributed by atoms with van der Waals surface area (Å²) in [6.07, 6.45) is 9.23. The minimum Gasteiger partial charge on any atom is -0.352 e. The first kappa shape index (κ1) is 21.1. The van der Waals surface area contributed by atoms with Gasteiger partial charge in [-0.15, -0.1) is 5.10 Å². The van der Waals surface area contributed by atoms with E-state index in [4.69, 9.17) is 0 Å². The molecule has 0 radical (unpaired) electrons. The van der Waals surface area contributed by atoms with Gasteiger partial charge >= 0.3 is 0 Å². The zero-order chi connectivity index (χ0) is 22.6. The molecule has 8 heteroatoms. The molecule has 5 rings (SSSR count). The second-order valence-corrected chi connectivity index (χ2v) is 10.6. The lowest BCUT2D eigenvalue weighted by atomic mass is 9.75. The van der Waals surface area contributed by atoms with Crippen LogP contribution >= 0.6 is 0 Å². The van der Waals surface area contributed by atoms with Crippen LogP contribution in [0.5, 0.6) is 0 Å². The van der Waals surface area contributed by atoms with Crippen LogP contribution in [0.15, 0.2) is 18.5 Å². The zero-order valence-electron chi connectivity index (χ0n) is 19.0. The maximum atomic E-state index is 13.4. The Balaban J connectivity index is 1.33. The lowest BCUT2D eigenvalue weighted by Gasteiger charge is -2.37. The Morgan fingerprint density at radius 1 is 1.25 bits per heavy atom. The molecule has 8 nitrogen and oxygen atoms in total. The predicted octanol–water partition coefficient (Wildman–Crippen LogP) is 2.71. The van der Waals surface area contributed by atoms with Crippen LogP contribution in [-0.4, -0.2) is 55.4 Å². The van der Waals surface area contributed by atoms with Gasteiger partial charge in [0.05, 0.1) is 6.20 Å². The first-order chi connectivity index (χ1) is 15.2. The molecule has 0 spiro atoms. The molecular formula is C24H31N5O3. The summed E-state index contributed by atoms with van der Waals surface area (Å²) in [7, 11) is 0. The number of hydrogen-bond donors (Lipinski definition) is 1. The molecule has 0 aromatic carbocycles. The molecule has 2 amide bonds. The molecule has 2 aromatic heterocycles. The highest BCUT2D eigenvalue weighted by Crippen LogP contribution is 2.48. The van der Waals surface area contributed by atoms with E-state index >= 15 is 0 Å². The van der Waals surface area contributed by atoms with Crippen LogP contribution < -0.4 is 5.32 Å². The third-order valence-electron chi connectivity index (χ3n) is 7.48. The van der Waals surface area contributed by atoms with E-state index in [-0.39, 0.29) is 41.6 Å². The summed E-state index contributed by atoms with van der Waals surface area (Å²) in [6.45, 7) is 6.06. The highest BCUT2D eigenvalue weighted by molar-refractivity contribution is 6.06. The molecule has 4 atom stereocenters. The molecule has 0 unspecified atom stereocenters. The van der Waals surface area contributed by atoms with Gasteiger partial charge in [-0.3, -0.25) is 14.4 Å². The fraction of sp³-hybridized carbons (Fsp3) is 0.625. The van der Waals surface area contributed by atoms with Gasteiger partial charge in [0, 0.05) is 29.2 Å². The van der Waals surface area contributed by atoms with Crippen LogP contribution in [0.25, 0.3) is 11.0 Å². The fourth-order valence-electron chi connectivity index (χ4n) is 5.83. The minimum atomic E-state index is -0.406. The van der Waals surface area contributed by atoms with E-state index in [0.717, 1.165) is 32.1 Å². The molecular weight excluding hydrogens is 406 g/mol. The number of amides is 2. The van der Waals surface area contributed by atoms with E-state index in [1.807, 2.05) is 0 Å². The molecule has 170 valence electrons. The van der Waals surface area contributed by atoms with Crippen LogP contribution in [-0.2, 0) is 16.1 Å². The van der Waals surface area contributed by atoms with Crippen molar-refractivity contribution in [2.45, 2.75) is 84.0 Å².